The zero-order chi connectivity index (χ0) is 24.5. The number of hydrogen-bond acceptors (Lipinski definition) is 3. The van der Waals surface area contributed by atoms with Gasteiger partial charge in [0.05, 0.1) is 12.1 Å². The van der Waals surface area contributed by atoms with Gasteiger partial charge in [-0.15, -0.1) is 0 Å². The number of ether oxygens (including phenoxy) is 1. The van der Waals surface area contributed by atoms with Crippen LogP contribution in [0.25, 0.3) is 6.08 Å². The lowest BCUT2D eigenvalue weighted by Crippen LogP contribution is -2.36. The molecule has 2 amide bonds. The topological polar surface area (TPSA) is 67.4 Å². The fourth-order valence-corrected chi connectivity index (χ4v) is 3.35. The van der Waals surface area contributed by atoms with Gasteiger partial charge in [0.25, 0.3) is 11.8 Å². The maximum atomic E-state index is 13.1. The first kappa shape index (κ1) is 24.6. The molecule has 0 aliphatic heterocycles. The van der Waals surface area contributed by atoms with Crippen molar-refractivity contribution in [3.63, 3.8) is 0 Å². The summed E-state index contributed by atoms with van der Waals surface area (Å²) in [7, 11) is 0. The molecule has 2 atom stereocenters. The van der Waals surface area contributed by atoms with Crippen molar-refractivity contribution in [2.24, 2.45) is 0 Å². The van der Waals surface area contributed by atoms with Crippen LogP contribution in [0.5, 0.6) is 5.75 Å². The van der Waals surface area contributed by atoms with Gasteiger partial charge >= 0.3 is 6.61 Å². The van der Waals surface area contributed by atoms with Crippen molar-refractivity contribution < 1.29 is 23.1 Å². The van der Waals surface area contributed by atoms with Crippen LogP contribution in [0.4, 0.5) is 8.78 Å². The Morgan fingerprint density at radius 3 is 1.59 bits per heavy atom. The van der Waals surface area contributed by atoms with Crippen molar-refractivity contribution in [1.29, 1.82) is 0 Å². The standard InChI is InChI=1S/C27H26F2N2O3/c1-18(21-9-5-3-6-10-21)30-25(32)24(17-20-13-15-23(16-14-20)34-27(28)29)26(33)31-19(2)22-11-7-4-8-12-22/h3-19,27H,1-2H3,(H,30,32)(H,31,33). The van der Waals surface area contributed by atoms with Crippen LogP contribution in [0.1, 0.15) is 42.6 Å². The van der Waals surface area contributed by atoms with E-state index >= 15 is 0 Å². The zero-order valence-electron chi connectivity index (χ0n) is 18.9. The van der Waals surface area contributed by atoms with E-state index in [0.717, 1.165) is 11.1 Å². The van der Waals surface area contributed by atoms with Crippen LogP contribution in [-0.4, -0.2) is 18.4 Å². The third-order valence-corrected chi connectivity index (χ3v) is 5.20. The van der Waals surface area contributed by atoms with Gasteiger partial charge in [-0.3, -0.25) is 9.59 Å². The fraction of sp³-hybridized carbons (Fsp3) is 0.185. The van der Waals surface area contributed by atoms with E-state index in [1.165, 1.54) is 30.3 Å². The Morgan fingerprint density at radius 1 is 0.735 bits per heavy atom. The minimum atomic E-state index is -2.94. The Bertz CT molecular complexity index is 1060. The van der Waals surface area contributed by atoms with Gasteiger partial charge in [-0.1, -0.05) is 72.8 Å². The molecule has 3 rings (SSSR count). The molecule has 3 aromatic carbocycles. The number of nitrogens with one attached hydrogen (secondary N) is 2. The third-order valence-electron chi connectivity index (χ3n) is 5.20. The quantitative estimate of drug-likeness (QED) is 0.252. The Labute approximate surface area is 197 Å². The fourth-order valence-electron chi connectivity index (χ4n) is 3.35. The average Bonchev–Trinajstić information content (AvgIpc) is 2.84. The first-order valence-electron chi connectivity index (χ1n) is 10.8. The smallest absolute Gasteiger partial charge is 0.387 e. The van der Waals surface area contributed by atoms with Gasteiger partial charge in [-0.25, -0.2) is 0 Å². The Morgan fingerprint density at radius 2 is 1.18 bits per heavy atom. The minimum absolute atomic E-state index is 0.0157. The van der Waals surface area contributed by atoms with Gasteiger partial charge in [0.15, 0.2) is 0 Å². The molecule has 0 heterocycles. The molecule has 0 aromatic heterocycles. The van der Waals surface area contributed by atoms with Gasteiger partial charge < -0.3 is 15.4 Å². The van der Waals surface area contributed by atoms with Crippen molar-refractivity contribution in [3.05, 3.63) is 107 Å². The highest BCUT2D eigenvalue weighted by Gasteiger charge is 2.22. The van der Waals surface area contributed by atoms with Gasteiger partial charge in [-0.2, -0.15) is 8.78 Å². The van der Waals surface area contributed by atoms with Crippen molar-refractivity contribution in [2.45, 2.75) is 32.5 Å². The van der Waals surface area contributed by atoms with Gasteiger partial charge in [0.2, 0.25) is 0 Å². The third kappa shape index (κ3) is 7.00. The number of carbonyl (C=O) groups excluding carboxylic acids is 2. The number of hydrogen-bond donors (Lipinski definition) is 2. The molecule has 176 valence electrons. The van der Waals surface area contributed by atoms with Gasteiger partial charge in [0, 0.05) is 0 Å². The van der Waals surface area contributed by atoms with Crippen LogP contribution in [0.3, 0.4) is 0 Å². The summed E-state index contributed by atoms with van der Waals surface area (Å²) in [6.45, 7) is 0.713. The SMILES string of the molecule is CC(NC(=O)C(=Cc1ccc(OC(F)F)cc1)C(=O)NC(C)c1ccccc1)c1ccccc1. The number of benzene rings is 3. The molecular formula is C27H26F2N2O3. The highest BCUT2D eigenvalue weighted by Crippen LogP contribution is 2.19. The highest BCUT2D eigenvalue weighted by molar-refractivity contribution is 6.21. The van der Waals surface area contributed by atoms with E-state index in [-0.39, 0.29) is 23.4 Å². The summed E-state index contributed by atoms with van der Waals surface area (Å²) in [5.74, 6) is -1.12. The van der Waals surface area contributed by atoms with E-state index in [2.05, 4.69) is 15.4 Å². The lowest BCUT2D eigenvalue weighted by Gasteiger charge is -2.18. The highest BCUT2D eigenvalue weighted by atomic mass is 19.3. The maximum Gasteiger partial charge on any atom is 0.387 e. The number of alkyl halides is 2. The minimum Gasteiger partial charge on any atom is -0.435 e. The van der Waals surface area contributed by atoms with E-state index in [9.17, 15) is 18.4 Å². The molecule has 34 heavy (non-hydrogen) atoms. The molecule has 0 spiro atoms. The monoisotopic (exact) mass is 464 g/mol. The van der Waals surface area contributed by atoms with Crippen LogP contribution < -0.4 is 15.4 Å². The lowest BCUT2D eigenvalue weighted by molar-refractivity contribution is -0.124. The molecule has 2 unspecified atom stereocenters. The summed E-state index contributed by atoms with van der Waals surface area (Å²) in [5, 5.41) is 5.71. The van der Waals surface area contributed by atoms with Crippen LogP contribution in [0, 0.1) is 0 Å². The van der Waals surface area contributed by atoms with Crippen molar-refractivity contribution in [1.82, 2.24) is 10.6 Å². The predicted molar refractivity (Wildman–Crippen MR) is 127 cm³/mol. The number of halogens is 2. The molecular weight excluding hydrogens is 438 g/mol. The molecule has 0 aliphatic rings. The normalized spacial score (nSPS) is 12.4. The Balaban J connectivity index is 1.84. The van der Waals surface area contributed by atoms with Crippen molar-refractivity contribution >= 4 is 17.9 Å². The second-order valence-electron chi connectivity index (χ2n) is 7.72. The second kappa shape index (κ2) is 11.7. The predicted octanol–water partition coefficient (Wildman–Crippen LogP) is 5.43. The molecule has 0 aliphatic carbocycles. The number of carbonyl (C=O) groups is 2. The number of rotatable bonds is 9. The molecule has 2 N–H and O–H groups in total. The molecule has 0 saturated heterocycles. The van der Waals surface area contributed by atoms with Crippen LogP contribution in [0.2, 0.25) is 0 Å². The van der Waals surface area contributed by atoms with Crippen LogP contribution >= 0.6 is 0 Å². The zero-order valence-corrected chi connectivity index (χ0v) is 18.9. The van der Waals surface area contributed by atoms with E-state index in [4.69, 9.17) is 0 Å². The lowest BCUT2D eigenvalue weighted by atomic mass is 10.0. The Kier molecular flexibility index (Phi) is 8.51. The molecule has 7 heteroatoms. The molecule has 0 saturated carbocycles. The van der Waals surface area contributed by atoms with Crippen LogP contribution in [0.15, 0.2) is 90.5 Å². The summed E-state index contributed by atoms with van der Waals surface area (Å²) in [5.41, 5.74) is 2.17. The summed E-state index contributed by atoms with van der Waals surface area (Å²) in [6.07, 6.45) is 1.42. The van der Waals surface area contributed by atoms with Crippen molar-refractivity contribution in [3.8, 4) is 5.75 Å². The van der Waals surface area contributed by atoms with E-state index in [0.29, 0.717) is 5.56 Å². The summed E-state index contributed by atoms with van der Waals surface area (Å²) >= 11 is 0. The summed E-state index contributed by atoms with van der Waals surface area (Å²) < 4.78 is 29.2. The van der Waals surface area contributed by atoms with Gasteiger partial charge in [0.1, 0.15) is 11.3 Å². The Hall–Kier alpha value is -4.00. The maximum absolute atomic E-state index is 13.1. The van der Waals surface area contributed by atoms with Crippen LogP contribution in [-0.2, 0) is 9.59 Å². The van der Waals surface area contributed by atoms with Gasteiger partial charge in [-0.05, 0) is 48.7 Å². The molecule has 0 radical (unpaired) electrons. The number of amides is 2. The largest absolute Gasteiger partial charge is 0.435 e. The van der Waals surface area contributed by atoms with Crippen molar-refractivity contribution in [2.75, 3.05) is 0 Å². The molecule has 0 fully saturated rings. The first-order chi connectivity index (χ1) is 16.3. The summed E-state index contributed by atoms with van der Waals surface area (Å²) in [4.78, 5) is 26.3. The van der Waals surface area contributed by atoms with E-state index < -0.39 is 18.4 Å². The average molecular weight is 465 g/mol. The molecule has 5 nitrogen and oxygen atoms in total. The van der Waals surface area contributed by atoms with E-state index in [1.807, 2.05) is 74.5 Å². The summed E-state index contributed by atoms with van der Waals surface area (Å²) in [6, 6.07) is 23.8. The van der Waals surface area contributed by atoms with E-state index in [1.54, 1.807) is 0 Å². The second-order valence-corrected chi connectivity index (χ2v) is 7.72. The first-order valence-corrected chi connectivity index (χ1v) is 10.8. The molecule has 0 bridgehead atoms. The molecule has 3 aromatic rings.